The number of methoxy groups -OCH3 is 1. The maximum absolute atomic E-state index is 11.6. The zero-order valence-corrected chi connectivity index (χ0v) is 13.5. The highest BCUT2D eigenvalue weighted by Crippen LogP contribution is 2.24. The highest BCUT2D eigenvalue weighted by molar-refractivity contribution is 5.76. The molecule has 122 valence electrons. The minimum atomic E-state index is -0.832. The van der Waals surface area contributed by atoms with Crippen LogP contribution >= 0.6 is 0 Å². The molecule has 0 heterocycles. The van der Waals surface area contributed by atoms with Gasteiger partial charge in [0.25, 0.3) is 0 Å². The van der Waals surface area contributed by atoms with Crippen molar-refractivity contribution in [3.05, 3.63) is 59.7 Å². The van der Waals surface area contributed by atoms with Crippen LogP contribution in [0, 0.1) is 0 Å². The first kappa shape index (κ1) is 16.9. The van der Waals surface area contributed by atoms with E-state index in [0.29, 0.717) is 13.0 Å². The lowest BCUT2D eigenvalue weighted by molar-refractivity contribution is -0.138. The van der Waals surface area contributed by atoms with Gasteiger partial charge in [0.05, 0.1) is 19.6 Å². The molecule has 2 aromatic carbocycles. The maximum atomic E-state index is 11.6. The molecule has 0 aliphatic rings. The van der Waals surface area contributed by atoms with Crippen molar-refractivity contribution >= 4 is 5.97 Å². The van der Waals surface area contributed by atoms with Crippen LogP contribution < -0.4 is 9.47 Å². The van der Waals surface area contributed by atoms with Crippen molar-refractivity contribution < 1.29 is 19.4 Å². The topological polar surface area (TPSA) is 55.8 Å². The molecule has 0 fully saturated rings. The molecule has 1 unspecified atom stereocenters. The Balaban J connectivity index is 2.11. The first-order valence-electron chi connectivity index (χ1n) is 7.72. The van der Waals surface area contributed by atoms with Crippen molar-refractivity contribution in [2.24, 2.45) is 0 Å². The van der Waals surface area contributed by atoms with Crippen LogP contribution in [0.2, 0.25) is 0 Å². The summed E-state index contributed by atoms with van der Waals surface area (Å²) in [4.78, 5) is 11.6. The molecule has 0 aliphatic carbocycles. The van der Waals surface area contributed by atoms with Gasteiger partial charge in [-0.15, -0.1) is 0 Å². The van der Waals surface area contributed by atoms with Crippen LogP contribution in [0.3, 0.4) is 0 Å². The van der Waals surface area contributed by atoms with E-state index in [0.717, 1.165) is 29.0 Å². The number of ether oxygens (including phenoxy) is 2. The zero-order chi connectivity index (χ0) is 16.7. The second-order valence-electron chi connectivity index (χ2n) is 5.36. The van der Waals surface area contributed by atoms with Gasteiger partial charge in [-0.3, -0.25) is 4.79 Å². The molecule has 0 radical (unpaired) electrons. The lowest BCUT2D eigenvalue weighted by atomic mass is 9.92. The standard InChI is InChI=1S/C19H22O4/c1-3-12-23-17-8-4-14(5-9-17)13-18(19(20)21)15-6-10-16(22-2)11-7-15/h4-11,18H,3,12-13H2,1-2H3,(H,20,21). The van der Waals surface area contributed by atoms with E-state index >= 15 is 0 Å². The highest BCUT2D eigenvalue weighted by atomic mass is 16.5. The lowest BCUT2D eigenvalue weighted by Crippen LogP contribution is -2.14. The largest absolute Gasteiger partial charge is 0.497 e. The van der Waals surface area contributed by atoms with Gasteiger partial charge in [0.2, 0.25) is 0 Å². The summed E-state index contributed by atoms with van der Waals surface area (Å²) in [5.41, 5.74) is 1.74. The number of rotatable bonds is 8. The van der Waals surface area contributed by atoms with Crippen molar-refractivity contribution in [1.29, 1.82) is 0 Å². The SMILES string of the molecule is CCCOc1ccc(CC(C(=O)O)c2ccc(OC)cc2)cc1. The zero-order valence-electron chi connectivity index (χ0n) is 13.5. The molecule has 0 aromatic heterocycles. The molecule has 2 rings (SSSR count). The van der Waals surface area contributed by atoms with E-state index in [1.165, 1.54) is 0 Å². The Morgan fingerprint density at radius 3 is 2.17 bits per heavy atom. The molecule has 0 saturated carbocycles. The molecule has 4 nitrogen and oxygen atoms in total. The third-order valence-electron chi connectivity index (χ3n) is 3.65. The quantitative estimate of drug-likeness (QED) is 0.803. The van der Waals surface area contributed by atoms with E-state index in [-0.39, 0.29) is 0 Å². The van der Waals surface area contributed by atoms with Crippen LogP contribution in [-0.2, 0) is 11.2 Å². The number of hydrogen-bond acceptors (Lipinski definition) is 3. The van der Waals surface area contributed by atoms with Crippen LogP contribution in [0.1, 0.15) is 30.4 Å². The molecule has 0 amide bonds. The van der Waals surface area contributed by atoms with Crippen molar-refractivity contribution in [3.63, 3.8) is 0 Å². The molecule has 0 spiro atoms. The first-order valence-corrected chi connectivity index (χ1v) is 7.72. The Bertz CT molecular complexity index is 617. The van der Waals surface area contributed by atoms with E-state index in [1.54, 1.807) is 31.4 Å². The van der Waals surface area contributed by atoms with Crippen molar-refractivity contribution in [2.45, 2.75) is 25.7 Å². The van der Waals surface area contributed by atoms with E-state index < -0.39 is 11.9 Å². The minimum Gasteiger partial charge on any atom is -0.497 e. The van der Waals surface area contributed by atoms with E-state index in [1.807, 2.05) is 24.3 Å². The maximum Gasteiger partial charge on any atom is 0.311 e. The third-order valence-corrected chi connectivity index (χ3v) is 3.65. The van der Waals surface area contributed by atoms with E-state index in [9.17, 15) is 9.90 Å². The minimum absolute atomic E-state index is 0.440. The molecule has 23 heavy (non-hydrogen) atoms. The summed E-state index contributed by atoms with van der Waals surface area (Å²) < 4.78 is 10.7. The summed E-state index contributed by atoms with van der Waals surface area (Å²) in [7, 11) is 1.59. The third kappa shape index (κ3) is 4.74. The van der Waals surface area contributed by atoms with Gasteiger partial charge >= 0.3 is 5.97 Å². The summed E-state index contributed by atoms with van der Waals surface area (Å²) in [5.74, 6) is 0.118. The Morgan fingerprint density at radius 1 is 1.04 bits per heavy atom. The summed E-state index contributed by atoms with van der Waals surface area (Å²) >= 11 is 0. The number of hydrogen-bond donors (Lipinski definition) is 1. The fourth-order valence-electron chi connectivity index (χ4n) is 2.36. The molecule has 2 aromatic rings. The van der Waals surface area contributed by atoms with Gasteiger partial charge in [-0.25, -0.2) is 0 Å². The fraction of sp³-hybridized carbons (Fsp3) is 0.316. The number of aliphatic carboxylic acids is 1. The predicted octanol–water partition coefficient (Wildman–Crippen LogP) is 3.89. The Morgan fingerprint density at radius 2 is 1.65 bits per heavy atom. The number of carboxylic acid groups (broad SMARTS) is 1. The van der Waals surface area contributed by atoms with E-state index in [2.05, 4.69) is 6.92 Å². The number of carboxylic acids is 1. The van der Waals surface area contributed by atoms with Crippen LogP contribution in [-0.4, -0.2) is 24.8 Å². The smallest absolute Gasteiger partial charge is 0.311 e. The summed E-state index contributed by atoms with van der Waals surface area (Å²) in [6.07, 6.45) is 1.40. The van der Waals surface area contributed by atoms with Gasteiger partial charge < -0.3 is 14.6 Å². The van der Waals surface area contributed by atoms with E-state index in [4.69, 9.17) is 9.47 Å². The molecule has 1 N–H and O–H groups in total. The average molecular weight is 314 g/mol. The molecule has 0 bridgehead atoms. The fourth-order valence-corrected chi connectivity index (χ4v) is 2.36. The normalized spacial score (nSPS) is 11.7. The van der Waals surface area contributed by atoms with Gasteiger partial charge in [0.1, 0.15) is 11.5 Å². The second kappa shape index (κ2) is 8.22. The van der Waals surface area contributed by atoms with Crippen molar-refractivity contribution in [3.8, 4) is 11.5 Å². The molecule has 1 atom stereocenters. The average Bonchev–Trinajstić information content (AvgIpc) is 2.59. The number of benzene rings is 2. The summed E-state index contributed by atoms with van der Waals surface area (Å²) in [5, 5.41) is 9.53. The first-order chi connectivity index (χ1) is 11.1. The Labute approximate surface area is 136 Å². The second-order valence-corrected chi connectivity index (χ2v) is 5.36. The highest BCUT2D eigenvalue weighted by Gasteiger charge is 2.20. The molecular formula is C19H22O4. The van der Waals surface area contributed by atoms with Gasteiger partial charge in [-0.1, -0.05) is 31.2 Å². The molecule has 0 aliphatic heterocycles. The van der Waals surface area contributed by atoms with Gasteiger partial charge in [0.15, 0.2) is 0 Å². The van der Waals surface area contributed by atoms with Crippen molar-refractivity contribution in [1.82, 2.24) is 0 Å². The Hall–Kier alpha value is -2.49. The monoisotopic (exact) mass is 314 g/mol. The van der Waals surface area contributed by atoms with Gasteiger partial charge in [-0.2, -0.15) is 0 Å². The summed E-state index contributed by atoms with van der Waals surface area (Å²) in [6.45, 7) is 2.74. The van der Waals surface area contributed by atoms with Crippen molar-refractivity contribution in [2.75, 3.05) is 13.7 Å². The van der Waals surface area contributed by atoms with Crippen LogP contribution in [0.25, 0.3) is 0 Å². The molecule has 0 saturated heterocycles. The van der Waals surface area contributed by atoms with Crippen LogP contribution in [0.4, 0.5) is 0 Å². The Kier molecular flexibility index (Phi) is 6.03. The lowest BCUT2D eigenvalue weighted by Gasteiger charge is -2.14. The van der Waals surface area contributed by atoms with Gasteiger partial charge in [-0.05, 0) is 48.2 Å². The van der Waals surface area contributed by atoms with Crippen LogP contribution in [0.5, 0.6) is 11.5 Å². The van der Waals surface area contributed by atoms with Gasteiger partial charge in [0, 0.05) is 0 Å². The van der Waals surface area contributed by atoms with Crippen LogP contribution in [0.15, 0.2) is 48.5 Å². The predicted molar refractivity (Wildman–Crippen MR) is 89.3 cm³/mol. The summed E-state index contributed by atoms with van der Waals surface area (Å²) in [6, 6.07) is 14.8. The molecular weight excluding hydrogens is 292 g/mol. The number of carbonyl (C=O) groups is 1. The molecule has 4 heteroatoms.